The normalized spacial score (nSPS) is 14.5. The zero-order chi connectivity index (χ0) is 72.9. The number of nitrogens with zero attached hydrogens (tertiary/aromatic N) is 4. The van der Waals surface area contributed by atoms with Crippen molar-refractivity contribution in [3.8, 4) is 45.0 Å². The van der Waals surface area contributed by atoms with Crippen LogP contribution in [0.15, 0.2) is 142 Å². The zero-order valence-electron chi connectivity index (χ0n) is 62.9. The van der Waals surface area contributed by atoms with Gasteiger partial charge in [-0.2, -0.15) is 0 Å². The number of hydrogen-bond acceptors (Lipinski definition) is 6. The van der Waals surface area contributed by atoms with Crippen molar-refractivity contribution in [2.24, 2.45) is 0 Å². The molecule has 0 aliphatic carbocycles. The summed E-state index contributed by atoms with van der Waals surface area (Å²) in [5, 5.41) is 5.55. The van der Waals surface area contributed by atoms with E-state index in [1.165, 1.54) is 9.80 Å². The molecule has 100 heavy (non-hydrogen) atoms. The number of anilines is 2. The molecule has 10 heteroatoms. The van der Waals surface area contributed by atoms with E-state index in [1.54, 1.807) is 0 Å². The highest BCUT2D eigenvalue weighted by atomic mass is 79.9. The number of benzene rings is 9. The third kappa shape index (κ3) is 12.1. The van der Waals surface area contributed by atoms with Crippen molar-refractivity contribution < 1.29 is 19.2 Å². The lowest BCUT2D eigenvalue weighted by Gasteiger charge is -2.31. The first-order chi connectivity index (χ1) is 46.1. The molecule has 0 atom stereocenters. The highest BCUT2D eigenvalue weighted by molar-refractivity contribution is 9.11. The van der Waals surface area contributed by atoms with E-state index >= 15 is 19.2 Å². The molecule has 0 radical (unpaired) electrons. The number of halogens is 2. The van der Waals surface area contributed by atoms with E-state index in [4.69, 9.17) is 9.97 Å². The number of rotatable bonds is 6. The van der Waals surface area contributed by atoms with Crippen LogP contribution in [0.25, 0.3) is 88.1 Å². The standard InChI is InChI=1S/C90H94Br2N4O4/c1-83(2,3)51-29-47(30-52(37-51)84(4,5)6)69-41-59(42-70(93-69)48-31-53(85(7,8)9)38-54(32-48)86(10,11)12)95-79(97)63-27-25-61-76-68(92)46-66-74-64(28-26-62(78(74)76)75-67(91)45-65(81(95)99)73(63)77(61)75)80(98)96(82(66)100)60-43-71(49-33-55(87(13,14)15)39-56(34-49)88(16,17)18)94-72(44-60)50-35-57(89(19,20)21)40-58(36-50)90(22,23)24/h25-46H,1-24H3. The Balaban J connectivity index is 0.990. The van der Waals surface area contributed by atoms with Gasteiger partial charge < -0.3 is 0 Å². The van der Waals surface area contributed by atoms with E-state index in [1.807, 2.05) is 60.7 Å². The van der Waals surface area contributed by atoms with Gasteiger partial charge in [-0.3, -0.25) is 19.2 Å². The summed E-state index contributed by atoms with van der Waals surface area (Å²) < 4.78 is 1.25. The first-order valence-electron chi connectivity index (χ1n) is 35.1. The summed E-state index contributed by atoms with van der Waals surface area (Å²) >= 11 is 8.07. The van der Waals surface area contributed by atoms with E-state index < -0.39 is 23.6 Å². The molecule has 0 saturated heterocycles. The molecule has 512 valence electrons. The monoisotopic (exact) mass is 1450 g/mol. The maximum absolute atomic E-state index is 16.0. The van der Waals surface area contributed by atoms with E-state index in [2.05, 4.69) is 271 Å². The van der Waals surface area contributed by atoms with Crippen LogP contribution in [0.1, 0.15) is 252 Å². The van der Waals surface area contributed by atoms with Crippen molar-refractivity contribution in [3.05, 3.63) is 209 Å². The Kier molecular flexibility index (Phi) is 16.3. The van der Waals surface area contributed by atoms with Gasteiger partial charge in [0, 0.05) is 74.6 Å². The Labute approximate surface area is 608 Å². The highest BCUT2D eigenvalue weighted by Crippen LogP contribution is 2.52. The minimum Gasteiger partial charge on any atom is -0.268 e. The maximum Gasteiger partial charge on any atom is 0.266 e. The van der Waals surface area contributed by atoms with Gasteiger partial charge in [0.05, 0.1) is 45.3 Å². The molecule has 13 rings (SSSR count). The summed E-state index contributed by atoms with van der Waals surface area (Å²) in [6.07, 6.45) is 0. The van der Waals surface area contributed by atoms with Crippen molar-refractivity contribution in [1.29, 1.82) is 0 Å². The third-order valence-corrected chi connectivity index (χ3v) is 22.0. The molecule has 9 aromatic carbocycles. The van der Waals surface area contributed by atoms with Crippen LogP contribution in [0, 0.1) is 0 Å². The molecule has 4 amide bonds. The van der Waals surface area contributed by atoms with Crippen molar-refractivity contribution >= 4 is 110 Å². The summed E-state index contributed by atoms with van der Waals surface area (Å²) in [5.74, 6) is -1.85. The summed E-state index contributed by atoms with van der Waals surface area (Å²) in [7, 11) is 0. The molecule has 0 N–H and O–H groups in total. The number of fused-ring (bicyclic) bond motifs is 2. The molecule has 0 bridgehead atoms. The lowest BCUT2D eigenvalue weighted by atomic mass is 9.79. The minimum atomic E-state index is -0.468. The molecule has 0 saturated carbocycles. The minimum absolute atomic E-state index is 0.197. The Morgan fingerprint density at radius 1 is 0.250 bits per heavy atom. The lowest BCUT2D eigenvalue weighted by molar-refractivity contribution is 0.0877. The van der Waals surface area contributed by atoms with Gasteiger partial charge in [-0.1, -0.05) is 234 Å². The Morgan fingerprint density at radius 3 is 0.670 bits per heavy atom. The first-order valence-corrected chi connectivity index (χ1v) is 36.7. The van der Waals surface area contributed by atoms with Gasteiger partial charge in [0.2, 0.25) is 0 Å². The van der Waals surface area contributed by atoms with Crippen LogP contribution in [0.4, 0.5) is 11.4 Å². The van der Waals surface area contributed by atoms with Crippen molar-refractivity contribution in [2.45, 2.75) is 209 Å². The topological polar surface area (TPSA) is 101 Å². The predicted molar refractivity (Wildman–Crippen MR) is 425 cm³/mol. The summed E-state index contributed by atoms with van der Waals surface area (Å²) in [5.41, 5.74) is 16.1. The zero-order valence-corrected chi connectivity index (χ0v) is 66.1. The smallest absolute Gasteiger partial charge is 0.266 e. The second-order valence-corrected chi connectivity index (χ2v) is 38.4. The SMILES string of the molecule is CC(C)(C)c1cc(-c2cc(N3C(=O)c4ccc5c6c(Br)cc7c8c(ccc(c9c(Br)cc(c4c59)C3=O)c86)C(=O)N(c3cc(-c4cc(C(C)(C)C)cc(C(C)(C)C)c4)nc(-c4cc(C(C)(C)C)cc(C(C)(C)C)c4)c3)C7=O)cc(-c3cc(C(C)(C)C)cc(C(C)(C)C)c3)n2)cc(C(C)(C)C)c1. The summed E-state index contributed by atoms with van der Waals surface area (Å²) in [6, 6.07) is 45.7. The van der Waals surface area contributed by atoms with Gasteiger partial charge in [-0.25, -0.2) is 19.8 Å². The number of amides is 4. The van der Waals surface area contributed by atoms with Gasteiger partial charge in [0.15, 0.2) is 0 Å². The lowest BCUT2D eigenvalue weighted by Crippen LogP contribution is -2.40. The quantitative estimate of drug-likeness (QED) is 0.0934. The Hall–Kier alpha value is -8.18. The van der Waals surface area contributed by atoms with Crippen molar-refractivity contribution in [3.63, 3.8) is 0 Å². The first kappa shape index (κ1) is 70.3. The van der Waals surface area contributed by atoms with Crippen molar-refractivity contribution in [1.82, 2.24) is 9.97 Å². The third-order valence-electron chi connectivity index (χ3n) is 20.7. The predicted octanol–water partition coefficient (Wildman–Crippen LogP) is 24.7. The number of carbonyl (C=O) groups is 4. The fraction of sp³-hybridized carbons (Fsp3) is 0.356. The summed E-state index contributed by atoms with van der Waals surface area (Å²) in [6.45, 7) is 53.2. The van der Waals surface area contributed by atoms with Gasteiger partial charge >= 0.3 is 0 Å². The molecule has 0 unspecified atom stereocenters. The second-order valence-electron chi connectivity index (χ2n) is 36.7. The van der Waals surface area contributed by atoms with E-state index in [-0.39, 0.29) is 43.3 Å². The van der Waals surface area contributed by atoms with Crippen LogP contribution in [0.2, 0.25) is 0 Å². The van der Waals surface area contributed by atoms with Crippen LogP contribution >= 0.6 is 31.9 Å². The van der Waals surface area contributed by atoms with E-state index in [9.17, 15) is 0 Å². The Morgan fingerprint density at radius 2 is 0.460 bits per heavy atom. The van der Waals surface area contributed by atoms with E-state index in [0.29, 0.717) is 76.1 Å². The molecule has 8 nitrogen and oxygen atoms in total. The van der Waals surface area contributed by atoms with Crippen LogP contribution < -0.4 is 9.80 Å². The molecular formula is C90H94Br2N4O4. The Bertz CT molecular complexity index is 4730. The average Bonchev–Trinajstić information content (AvgIpc) is 0.681. The van der Waals surface area contributed by atoms with E-state index in [0.717, 1.165) is 99.1 Å². The molecule has 0 fully saturated rings. The number of imide groups is 2. The number of carbonyl (C=O) groups excluding carboxylic acids is 4. The fourth-order valence-corrected chi connectivity index (χ4v) is 15.6. The average molecular weight is 1460 g/mol. The molecule has 2 aliphatic rings. The molecular weight excluding hydrogens is 1360 g/mol. The fourth-order valence-electron chi connectivity index (χ4n) is 14.3. The van der Waals surface area contributed by atoms with Crippen LogP contribution in [0.5, 0.6) is 0 Å². The highest BCUT2D eigenvalue weighted by Gasteiger charge is 2.41. The molecule has 4 heterocycles. The van der Waals surface area contributed by atoms with Crippen LogP contribution in [-0.4, -0.2) is 33.6 Å². The van der Waals surface area contributed by atoms with Crippen LogP contribution in [-0.2, 0) is 43.3 Å². The van der Waals surface area contributed by atoms with Gasteiger partial charge in [0.25, 0.3) is 23.6 Å². The second kappa shape index (κ2) is 23.2. The summed E-state index contributed by atoms with van der Waals surface area (Å²) in [4.78, 5) is 77.5. The van der Waals surface area contributed by atoms with Gasteiger partial charge in [0.1, 0.15) is 0 Å². The molecule has 2 aromatic heterocycles. The van der Waals surface area contributed by atoms with Crippen molar-refractivity contribution in [2.75, 3.05) is 9.80 Å². The maximum atomic E-state index is 16.0. The largest absolute Gasteiger partial charge is 0.268 e. The number of hydrogen-bond donors (Lipinski definition) is 0. The number of aromatic nitrogens is 2. The van der Waals surface area contributed by atoms with Gasteiger partial charge in [-0.05, 0) is 196 Å². The molecule has 0 spiro atoms. The van der Waals surface area contributed by atoms with Gasteiger partial charge in [-0.15, -0.1) is 0 Å². The molecule has 2 aliphatic heterocycles. The van der Waals surface area contributed by atoms with Crippen LogP contribution in [0.3, 0.4) is 0 Å². The number of pyridine rings is 2. The molecule has 11 aromatic rings.